The fourth-order valence-corrected chi connectivity index (χ4v) is 3.66. The lowest BCUT2D eigenvalue weighted by molar-refractivity contribution is -0.140. The highest BCUT2D eigenvalue weighted by Crippen LogP contribution is 2.41. The molecule has 0 saturated carbocycles. The van der Waals surface area contributed by atoms with Gasteiger partial charge in [-0.2, -0.15) is 0 Å². The van der Waals surface area contributed by atoms with E-state index in [1.165, 1.54) is 18.3 Å². The molecule has 4 rings (SSSR count). The molecule has 6 nitrogen and oxygen atoms in total. The Morgan fingerprint density at radius 2 is 1.90 bits per heavy atom. The summed E-state index contributed by atoms with van der Waals surface area (Å²) in [7, 11) is 1.53. The molecule has 0 unspecified atom stereocenters. The number of aliphatic hydroxyl groups is 1. The zero-order chi connectivity index (χ0) is 21.3. The molecule has 0 spiro atoms. The average Bonchev–Trinajstić information content (AvgIpc) is 3.36. The van der Waals surface area contributed by atoms with Crippen LogP contribution in [0.15, 0.2) is 76.9 Å². The van der Waals surface area contributed by atoms with Gasteiger partial charge in [-0.3, -0.25) is 9.59 Å². The maximum absolute atomic E-state index is 13.0. The van der Waals surface area contributed by atoms with Gasteiger partial charge in [0.25, 0.3) is 11.7 Å². The minimum absolute atomic E-state index is 0.00197. The molecule has 1 fully saturated rings. The van der Waals surface area contributed by atoms with Crippen LogP contribution in [-0.2, 0) is 16.1 Å². The van der Waals surface area contributed by atoms with Crippen molar-refractivity contribution >= 4 is 29.1 Å². The normalized spacial score (nSPS) is 18.1. The Morgan fingerprint density at radius 1 is 1.13 bits per heavy atom. The van der Waals surface area contributed by atoms with Gasteiger partial charge in [0.2, 0.25) is 0 Å². The predicted molar refractivity (Wildman–Crippen MR) is 111 cm³/mol. The van der Waals surface area contributed by atoms with Crippen molar-refractivity contribution < 1.29 is 23.8 Å². The number of nitrogens with zero attached hydrogens (tertiary/aromatic N) is 1. The molecule has 0 bridgehead atoms. The molecule has 1 aromatic heterocycles. The van der Waals surface area contributed by atoms with Gasteiger partial charge in [0.15, 0.2) is 0 Å². The standard InChI is InChI=1S/C23H18ClNO5/c1-29-17-5-2-4-15(12-17)20-19(21(26)14-7-9-16(24)10-8-14)22(27)23(28)25(20)13-18-6-3-11-30-18/h2-12,20,26H,13H2,1H3/b21-19+/t20-/m1/s1. The lowest BCUT2D eigenvalue weighted by Gasteiger charge is -2.24. The van der Waals surface area contributed by atoms with E-state index in [-0.39, 0.29) is 17.9 Å². The lowest BCUT2D eigenvalue weighted by atomic mass is 9.95. The summed E-state index contributed by atoms with van der Waals surface area (Å²) in [6.45, 7) is 0.0802. The van der Waals surface area contributed by atoms with Crippen LogP contribution in [-0.4, -0.2) is 28.8 Å². The Balaban J connectivity index is 1.87. The van der Waals surface area contributed by atoms with Crippen molar-refractivity contribution in [1.29, 1.82) is 0 Å². The fraction of sp³-hybridized carbons (Fsp3) is 0.130. The van der Waals surface area contributed by atoms with Gasteiger partial charge in [-0.15, -0.1) is 0 Å². The minimum Gasteiger partial charge on any atom is -0.507 e. The first kappa shape index (κ1) is 19.8. The van der Waals surface area contributed by atoms with Crippen molar-refractivity contribution in [2.45, 2.75) is 12.6 Å². The molecular weight excluding hydrogens is 406 g/mol. The van der Waals surface area contributed by atoms with E-state index in [1.54, 1.807) is 60.7 Å². The first-order valence-corrected chi connectivity index (χ1v) is 9.58. The van der Waals surface area contributed by atoms with Crippen molar-refractivity contribution in [2.24, 2.45) is 0 Å². The Labute approximate surface area is 177 Å². The smallest absolute Gasteiger partial charge is 0.296 e. The fourth-order valence-electron chi connectivity index (χ4n) is 3.53. The number of hydrogen-bond acceptors (Lipinski definition) is 5. The van der Waals surface area contributed by atoms with Crippen LogP contribution >= 0.6 is 11.6 Å². The van der Waals surface area contributed by atoms with Gasteiger partial charge in [0, 0.05) is 10.6 Å². The van der Waals surface area contributed by atoms with Gasteiger partial charge in [-0.05, 0) is 54.1 Å². The number of benzene rings is 2. The summed E-state index contributed by atoms with van der Waals surface area (Å²) < 4.78 is 10.7. The number of aliphatic hydroxyl groups excluding tert-OH is 1. The van der Waals surface area contributed by atoms with Crippen LogP contribution in [0.3, 0.4) is 0 Å². The highest BCUT2D eigenvalue weighted by molar-refractivity contribution is 6.46. The van der Waals surface area contributed by atoms with Crippen LogP contribution in [0.25, 0.3) is 5.76 Å². The van der Waals surface area contributed by atoms with Crippen molar-refractivity contribution in [1.82, 2.24) is 4.90 Å². The van der Waals surface area contributed by atoms with Crippen LogP contribution in [0.4, 0.5) is 0 Å². The molecule has 7 heteroatoms. The summed E-state index contributed by atoms with van der Waals surface area (Å²) in [5.74, 6) is -0.643. The van der Waals surface area contributed by atoms with E-state index in [9.17, 15) is 14.7 Å². The zero-order valence-corrected chi connectivity index (χ0v) is 16.8. The molecule has 1 N–H and O–H groups in total. The Morgan fingerprint density at radius 3 is 2.57 bits per heavy atom. The number of furan rings is 1. The molecule has 0 aliphatic carbocycles. The topological polar surface area (TPSA) is 80.0 Å². The molecule has 1 amide bonds. The van der Waals surface area contributed by atoms with Gasteiger partial charge < -0.3 is 19.2 Å². The Bertz CT molecular complexity index is 1120. The summed E-state index contributed by atoms with van der Waals surface area (Å²) >= 11 is 5.94. The molecule has 3 aromatic rings. The summed E-state index contributed by atoms with van der Waals surface area (Å²) in [6.07, 6.45) is 1.50. The first-order valence-electron chi connectivity index (χ1n) is 9.20. The van der Waals surface area contributed by atoms with Crippen molar-refractivity contribution in [3.05, 3.63) is 94.4 Å². The van der Waals surface area contributed by atoms with Crippen LogP contribution in [0.5, 0.6) is 5.75 Å². The molecule has 152 valence electrons. The van der Waals surface area contributed by atoms with Gasteiger partial charge >= 0.3 is 0 Å². The van der Waals surface area contributed by atoms with Crippen molar-refractivity contribution in [2.75, 3.05) is 7.11 Å². The van der Waals surface area contributed by atoms with Crippen molar-refractivity contribution in [3.63, 3.8) is 0 Å². The monoisotopic (exact) mass is 423 g/mol. The quantitative estimate of drug-likeness (QED) is 0.369. The van der Waals surface area contributed by atoms with Crippen LogP contribution in [0, 0.1) is 0 Å². The third-order valence-corrected chi connectivity index (χ3v) is 5.23. The number of Topliss-reactive ketones (excluding diaryl/α,β-unsaturated/α-hetero) is 1. The number of carbonyl (C=O) groups excluding carboxylic acids is 2. The lowest BCUT2D eigenvalue weighted by Crippen LogP contribution is -2.29. The largest absolute Gasteiger partial charge is 0.507 e. The predicted octanol–water partition coefficient (Wildman–Crippen LogP) is 4.56. The van der Waals surface area contributed by atoms with E-state index in [2.05, 4.69) is 0 Å². The highest BCUT2D eigenvalue weighted by atomic mass is 35.5. The molecule has 2 heterocycles. The van der Waals surface area contributed by atoms with E-state index in [0.29, 0.717) is 27.7 Å². The number of amides is 1. The summed E-state index contributed by atoms with van der Waals surface area (Å²) in [4.78, 5) is 27.3. The third-order valence-electron chi connectivity index (χ3n) is 4.97. The maximum Gasteiger partial charge on any atom is 0.296 e. The van der Waals surface area contributed by atoms with Gasteiger partial charge in [-0.25, -0.2) is 0 Å². The van der Waals surface area contributed by atoms with Crippen LogP contribution in [0.2, 0.25) is 5.02 Å². The van der Waals surface area contributed by atoms with Crippen molar-refractivity contribution in [3.8, 4) is 5.75 Å². The van der Waals surface area contributed by atoms with Gasteiger partial charge in [0.1, 0.15) is 17.3 Å². The zero-order valence-electron chi connectivity index (χ0n) is 16.0. The van der Waals surface area contributed by atoms with E-state index in [0.717, 1.165) is 0 Å². The second-order valence-corrected chi connectivity index (χ2v) is 7.23. The van der Waals surface area contributed by atoms with Gasteiger partial charge in [0.05, 0.1) is 31.5 Å². The highest BCUT2D eigenvalue weighted by Gasteiger charge is 2.46. The molecule has 1 saturated heterocycles. The number of halogens is 1. The number of likely N-dealkylation sites (tertiary alicyclic amines) is 1. The molecular formula is C23H18ClNO5. The number of ether oxygens (including phenoxy) is 1. The van der Waals surface area contributed by atoms with E-state index in [4.69, 9.17) is 20.8 Å². The van der Waals surface area contributed by atoms with Crippen LogP contribution < -0.4 is 4.74 Å². The summed E-state index contributed by atoms with van der Waals surface area (Å²) in [5, 5.41) is 11.5. The number of methoxy groups -OCH3 is 1. The Kier molecular flexibility index (Phi) is 5.33. The number of rotatable bonds is 5. The third kappa shape index (κ3) is 3.57. The molecule has 30 heavy (non-hydrogen) atoms. The minimum atomic E-state index is -0.805. The molecule has 1 atom stereocenters. The molecule has 2 aromatic carbocycles. The first-order chi connectivity index (χ1) is 14.5. The molecule has 1 aliphatic rings. The number of hydrogen-bond donors (Lipinski definition) is 1. The van der Waals surface area contributed by atoms with E-state index >= 15 is 0 Å². The Hall–Kier alpha value is -3.51. The summed E-state index contributed by atoms with van der Waals surface area (Å²) in [6, 6.07) is 16.1. The second-order valence-electron chi connectivity index (χ2n) is 6.79. The SMILES string of the molecule is COc1cccc([C@@H]2/C(=C(\O)c3ccc(Cl)cc3)C(=O)C(=O)N2Cc2ccco2)c1. The molecule has 1 aliphatic heterocycles. The number of carbonyl (C=O) groups is 2. The summed E-state index contributed by atoms with van der Waals surface area (Å²) in [5.41, 5.74) is 1.03. The van der Waals surface area contributed by atoms with E-state index in [1.807, 2.05) is 0 Å². The van der Waals surface area contributed by atoms with Crippen LogP contribution in [0.1, 0.15) is 22.9 Å². The molecule has 0 radical (unpaired) electrons. The second kappa shape index (κ2) is 8.08. The maximum atomic E-state index is 13.0. The van der Waals surface area contributed by atoms with E-state index < -0.39 is 17.7 Å². The number of ketones is 1. The van der Waals surface area contributed by atoms with Gasteiger partial charge in [-0.1, -0.05) is 23.7 Å². The average molecular weight is 424 g/mol.